The molecule has 0 saturated carbocycles. The first-order valence-corrected chi connectivity index (χ1v) is 9.22. The summed E-state index contributed by atoms with van der Waals surface area (Å²) < 4.78 is 124. The lowest BCUT2D eigenvalue weighted by Crippen LogP contribution is -2.79. The smallest absolute Gasteiger partial charge is 0.521 e. The second kappa shape index (κ2) is 5.78. The van der Waals surface area contributed by atoms with Gasteiger partial charge in [-0.1, -0.05) is 6.07 Å². The lowest BCUT2D eigenvalue weighted by atomic mass is 9.43. The van der Waals surface area contributed by atoms with Gasteiger partial charge >= 0.3 is 6.48 Å². The molecule has 2 aliphatic rings. The van der Waals surface area contributed by atoms with Gasteiger partial charge in [0.05, 0.1) is 0 Å². The fraction of sp³-hybridized carbons (Fsp3) is 0. The first-order valence-electron chi connectivity index (χ1n) is 9.22. The van der Waals surface area contributed by atoms with Crippen molar-refractivity contribution in [2.45, 2.75) is 0 Å². The number of fused-ring (bicyclic) bond motifs is 6. The van der Waals surface area contributed by atoms with Gasteiger partial charge < -0.3 is 9.13 Å². The average Bonchev–Trinajstić information content (AvgIpc) is 3.28. The molecule has 160 valence electrons. The van der Waals surface area contributed by atoms with Gasteiger partial charge in [-0.25, -0.2) is 35.1 Å². The molecule has 0 radical (unpaired) electrons. The van der Waals surface area contributed by atoms with Crippen molar-refractivity contribution in [3.63, 3.8) is 0 Å². The van der Waals surface area contributed by atoms with E-state index in [0.29, 0.717) is 5.39 Å². The number of hydrogen-bond acceptors (Lipinski definition) is 1. The zero-order chi connectivity index (χ0) is 22.7. The van der Waals surface area contributed by atoms with Crippen molar-refractivity contribution in [2.75, 3.05) is 0 Å². The number of nitrogens with zero attached hydrogens (tertiary/aromatic N) is 1. The van der Waals surface area contributed by atoms with E-state index in [0.717, 1.165) is 4.48 Å². The minimum atomic E-state index is -3.65. The Labute approximate surface area is 173 Å². The van der Waals surface area contributed by atoms with Gasteiger partial charge in [0, 0.05) is 5.39 Å². The second-order valence-corrected chi connectivity index (χ2v) is 7.56. The van der Waals surface area contributed by atoms with E-state index in [2.05, 4.69) is 0 Å². The number of pyridine rings is 1. The third kappa shape index (κ3) is 1.87. The van der Waals surface area contributed by atoms with E-state index in [-0.39, 0.29) is 11.3 Å². The zero-order valence-electron chi connectivity index (χ0n) is 15.4. The number of halogens is 8. The SMILES string of the molecule is Fc1c(F)c(F)c2c(c1F)-c1c(F)c(F)c(F)c(F)c1[B-]21Oc2cccc3ccc[n+]1c23. The molecule has 0 saturated heterocycles. The molecule has 11 heteroatoms. The third-order valence-corrected chi connectivity index (χ3v) is 6.14. The van der Waals surface area contributed by atoms with Crippen LogP contribution in [-0.4, -0.2) is 6.48 Å². The first kappa shape index (κ1) is 19.1. The molecular weight excluding hydrogens is 445 g/mol. The van der Waals surface area contributed by atoms with Crippen LogP contribution in [0.15, 0.2) is 36.5 Å². The number of para-hydroxylation sites is 1. The van der Waals surface area contributed by atoms with Crippen LogP contribution in [0.3, 0.4) is 0 Å². The summed E-state index contributed by atoms with van der Waals surface area (Å²) in [6, 6.07) is 7.47. The van der Waals surface area contributed by atoms with Crippen LogP contribution in [0.25, 0.3) is 22.0 Å². The van der Waals surface area contributed by atoms with E-state index >= 15 is 8.78 Å². The minimum Gasteiger partial charge on any atom is -0.647 e. The Hall–Kier alpha value is -3.63. The highest BCUT2D eigenvalue weighted by atomic mass is 19.2. The minimum absolute atomic E-state index is 0.0176. The predicted molar refractivity (Wildman–Crippen MR) is 96.7 cm³/mol. The van der Waals surface area contributed by atoms with Gasteiger partial charge in [0.1, 0.15) is 23.6 Å². The Morgan fingerprint density at radius 3 is 1.66 bits per heavy atom. The first-order chi connectivity index (χ1) is 15.2. The van der Waals surface area contributed by atoms with Crippen LogP contribution in [0, 0.1) is 46.5 Å². The highest BCUT2D eigenvalue weighted by Crippen LogP contribution is 2.41. The molecule has 32 heavy (non-hydrogen) atoms. The quantitative estimate of drug-likeness (QED) is 0.172. The van der Waals surface area contributed by atoms with Crippen LogP contribution in [0.1, 0.15) is 0 Å². The van der Waals surface area contributed by atoms with Crippen LogP contribution >= 0.6 is 0 Å². The molecule has 3 heterocycles. The van der Waals surface area contributed by atoms with Crippen LogP contribution in [0.4, 0.5) is 35.1 Å². The zero-order valence-corrected chi connectivity index (χ0v) is 15.4. The predicted octanol–water partition coefficient (Wildman–Crippen LogP) is 3.72. The summed E-state index contributed by atoms with van der Waals surface area (Å²) in [5, 5.41) is 0.464. The molecule has 1 aromatic heterocycles. The number of benzene rings is 3. The topological polar surface area (TPSA) is 13.1 Å². The van der Waals surface area contributed by atoms with Gasteiger partial charge in [-0.2, -0.15) is 0 Å². The van der Waals surface area contributed by atoms with Gasteiger partial charge in [0.15, 0.2) is 34.9 Å². The molecule has 0 fully saturated rings. The fourth-order valence-electron chi connectivity index (χ4n) is 4.96. The Morgan fingerprint density at radius 1 is 0.594 bits per heavy atom. The summed E-state index contributed by atoms with van der Waals surface area (Å²) in [6.45, 7) is -3.65. The molecule has 0 atom stereocenters. The van der Waals surface area contributed by atoms with Crippen molar-refractivity contribution in [3.8, 4) is 16.9 Å². The van der Waals surface area contributed by atoms with Crippen molar-refractivity contribution in [1.82, 2.24) is 0 Å². The van der Waals surface area contributed by atoms with Gasteiger partial charge in [0.2, 0.25) is 5.52 Å². The normalized spacial score (nSPS) is 14.8. The molecule has 6 rings (SSSR count). The lowest BCUT2D eigenvalue weighted by Gasteiger charge is -2.28. The number of hydrogen-bond donors (Lipinski definition) is 0. The Kier molecular flexibility index (Phi) is 3.45. The van der Waals surface area contributed by atoms with Crippen LogP contribution in [0.5, 0.6) is 5.75 Å². The number of aromatic nitrogens is 1. The molecule has 0 N–H and O–H groups in total. The summed E-state index contributed by atoms with van der Waals surface area (Å²) in [6.07, 6.45) is 1.23. The molecule has 3 aromatic carbocycles. The highest BCUT2D eigenvalue weighted by Gasteiger charge is 2.62. The molecule has 1 spiro atoms. The molecule has 0 bridgehead atoms. The van der Waals surface area contributed by atoms with E-state index in [4.69, 9.17) is 4.65 Å². The summed E-state index contributed by atoms with van der Waals surface area (Å²) >= 11 is 0. The molecule has 2 nitrogen and oxygen atoms in total. The molecule has 0 aliphatic carbocycles. The van der Waals surface area contributed by atoms with Crippen LogP contribution in [0.2, 0.25) is 0 Å². The summed E-state index contributed by atoms with van der Waals surface area (Å²) in [4.78, 5) is 0. The number of rotatable bonds is 0. The molecule has 0 amide bonds. The second-order valence-electron chi connectivity index (χ2n) is 7.56. The van der Waals surface area contributed by atoms with Crippen molar-refractivity contribution in [1.29, 1.82) is 0 Å². The van der Waals surface area contributed by atoms with Gasteiger partial charge in [-0.05, 0) is 46.3 Å². The highest BCUT2D eigenvalue weighted by molar-refractivity contribution is 6.96. The van der Waals surface area contributed by atoms with E-state index in [1.807, 2.05) is 0 Å². The van der Waals surface area contributed by atoms with Crippen LogP contribution in [-0.2, 0) is 0 Å². The standard InChI is InChI=1S/C21H6BF8NO/c23-13-9-10-12(16(26)20(30)18(28)14(10)24)22(11(9)15(25)19(29)17(13)27)31-6-2-4-7-3-1-5-8(32-22)21(7)31/h1-6H. The third-order valence-electron chi connectivity index (χ3n) is 6.14. The largest absolute Gasteiger partial charge is 0.647 e. The van der Waals surface area contributed by atoms with Crippen molar-refractivity contribution in [3.05, 3.63) is 83.1 Å². The van der Waals surface area contributed by atoms with Crippen molar-refractivity contribution >= 4 is 28.3 Å². The molecule has 0 unspecified atom stereocenters. The lowest BCUT2D eigenvalue weighted by molar-refractivity contribution is -0.515. The summed E-state index contributed by atoms with van der Waals surface area (Å²) in [5.74, 6) is -17.3. The molecular formula is C21H6BF8NO. The summed E-state index contributed by atoms with van der Waals surface area (Å²) in [7, 11) is 0. The van der Waals surface area contributed by atoms with E-state index in [1.54, 1.807) is 12.1 Å². The maximum absolute atomic E-state index is 15.2. The average molecular weight is 451 g/mol. The molecule has 4 aromatic rings. The van der Waals surface area contributed by atoms with Gasteiger partial charge in [-0.15, -0.1) is 0 Å². The maximum atomic E-state index is 15.2. The Balaban J connectivity index is 1.92. The fourth-order valence-corrected chi connectivity index (χ4v) is 4.96. The summed E-state index contributed by atoms with van der Waals surface area (Å²) in [5.41, 5.74) is -4.53. The van der Waals surface area contributed by atoms with E-state index in [1.165, 1.54) is 24.4 Å². The Morgan fingerprint density at radius 2 is 1.09 bits per heavy atom. The van der Waals surface area contributed by atoms with E-state index < -0.39 is 75.1 Å². The van der Waals surface area contributed by atoms with Gasteiger partial charge in [-0.3, -0.25) is 0 Å². The molecule has 2 aliphatic heterocycles. The van der Waals surface area contributed by atoms with Crippen LogP contribution < -0.4 is 20.1 Å². The monoisotopic (exact) mass is 451 g/mol. The van der Waals surface area contributed by atoms with Crippen molar-refractivity contribution in [2.24, 2.45) is 0 Å². The van der Waals surface area contributed by atoms with Crippen molar-refractivity contribution < 1.29 is 44.3 Å². The van der Waals surface area contributed by atoms with Gasteiger partial charge in [0.25, 0.3) is 0 Å². The maximum Gasteiger partial charge on any atom is 0.521 e. The van der Waals surface area contributed by atoms with E-state index in [9.17, 15) is 26.3 Å². The Bertz CT molecular complexity index is 1480.